The molecule has 1 amide bonds. The van der Waals surface area contributed by atoms with E-state index in [0.717, 1.165) is 5.56 Å². The molecule has 0 spiro atoms. The number of carbonyl (C=O) groups is 2. The molecule has 0 aliphatic carbocycles. The first kappa shape index (κ1) is 17.3. The number of carboxylic acid groups (broad SMARTS) is 1. The number of halogens is 2. The normalized spacial score (nSPS) is 10.6. The first-order valence-corrected chi connectivity index (χ1v) is 7.49. The van der Waals surface area contributed by atoms with Crippen molar-refractivity contribution in [1.82, 2.24) is 14.7 Å². The molecular weight excluding hydrogens is 341 g/mol. The third-order valence-electron chi connectivity index (χ3n) is 3.36. The molecule has 6 nitrogen and oxygen atoms in total. The van der Waals surface area contributed by atoms with Crippen LogP contribution < -0.4 is 0 Å². The van der Waals surface area contributed by atoms with Gasteiger partial charge in [-0.25, -0.2) is 0 Å². The van der Waals surface area contributed by atoms with Crippen LogP contribution in [-0.4, -0.2) is 38.2 Å². The van der Waals surface area contributed by atoms with E-state index in [0.29, 0.717) is 10.7 Å². The summed E-state index contributed by atoms with van der Waals surface area (Å²) in [6.45, 7) is 1.40. The molecule has 23 heavy (non-hydrogen) atoms. The van der Waals surface area contributed by atoms with Crippen LogP contribution in [0.4, 0.5) is 0 Å². The van der Waals surface area contributed by atoms with Gasteiger partial charge in [-0.1, -0.05) is 35.3 Å². The van der Waals surface area contributed by atoms with E-state index in [1.807, 2.05) is 0 Å². The first-order chi connectivity index (χ1) is 10.8. The number of aryl methyl sites for hydroxylation is 1. The number of amides is 1. The van der Waals surface area contributed by atoms with Crippen LogP contribution >= 0.6 is 23.2 Å². The van der Waals surface area contributed by atoms with Crippen molar-refractivity contribution in [2.45, 2.75) is 13.5 Å². The van der Waals surface area contributed by atoms with Crippen LogP contribution in [0.2, 0.25) is 10.0 Å². The number of rotatable bonds is 5. The molecular formula is C15H15Cl2N3O3. The van der Waals surface area contributed by atoms with Crippen LogP contribution in [0.3, 0.4) is 0 Å². The number of nitrogens with zero attached hydrogens (tertiary/aromatic N) is 3. The summed E-state index contributed by atoms with van der Waals surface area (Å²) in [6, 6.07) is 6.82. The van der Waals surface area contributed by atoms with Crippen LogP contribution in [0, 0.1) is 6.92 Å². The second kappa shape index (κ2) is 7.02. The van der Waals surface area contributed by atoms with E-state index in [9.17, 15) is 9.59 Å². The largest absolute Gasteiger partial charge is 0.480 e. The predicted octanol–water partition coefficient (Wildman–Crippen LogP) is 2.76. The summed E-state index contributed by atoms with van der Waals surface area (Å²) in [5.41, 5.74) is 1.44. The fourth-order valence-electron chi connectivity index (χ4n) is 2.04. The molecule has 0 unspecified atom stereocenters. The van der Waals surface area contributed by atoms with Gasteiger partial charge in [0.15, 0.2) is 5.69 Å². The fourth-order valence-corrected chi connectivity index (χ4v) is 2.41. The van der Waals surface area contributed by atoms with Crippen LogP contribution in [0.15, 0.2) is 24.3 Å². The highest BCUT2D eigenvalue weighted by atomic mass is 35.5. The molecule has 1 aromatic heterocycles. The second-order valence-electron chi connectivity index (χ2n) is 5.05. The van der Waals surface area contributed by atoms with Gasteiger partial charge in [0.1, 0.15) is 6.54 Å². The number of benzene rings is 1. The molecule has 0 aliphatic rings. The molecule has 1 N–H and O–H groups in total. The average molecular weight is 356 g/mol. The minimum absolute atomic E-state index is 0.0434. The van der Waals surface area contributed by atoms with Crippen molar-refractivity contribution in [3.05, 3.63) is 51.3 Å². The third kappa shape index (κ3) is 4.03. The minimum atomic E-state index is -1.11. The molecule has 1 aromatic carbocycles. The van der Waals surface area contributed by atoms with E-state index in [4.69, 9.17) is 28.3 Å². The lowest BCUT2D eigenvalue weighted by Crippen LogP contribution is -2.35. The van der Waals surface area contributed by atoms with Crippen molar-refractivity contribution < 1.29 is 14.7 Å². The number of hydrogen-bond donors (Lipinski definition) is 1. The summed E-state index contributed by atoms with van der Waals surface area (Å²) < 4.78 is 1.48. The molecule has 8 heteroatoms. The number of hydrogen-bond acceptors (Lipinski definition) is 3. The van der Waals surface area contributed by atoms with Crippen LogP contribution in [0.5, 0.6) is 0 Å². The SMILES string of the molecule is Cc1c(Cl)c(C(=O)N(CC(=O)O)Cc2ccc(Cl)cc2)nn1C. The first-order valence-electron chi connectivity index (χ1n) is 6.74. The molecule has 0 saturated heterocycles. The molecule has 0 aliphatic heterocycles. The fraction of sp³-hybridized carbons (Fsp3) is 0.267. The molecule has 122 valence electrons. The molecule has 0 bridgehead atoms. The second-order valence-corrected chi connectivity index (χ2v) is 5.87. The monoisotopic (exact) mass is 355 g/mol. The lowest BCUT2D eigenvalue weighted by molar-refractivity contribution is -0.137. The Kier molecular flexibility index (Phi) is 5.28. The van der Waals surface area contributed by atoms with E-state index in [2.05, 4.69) is 5.10 Å². The Morgan fingerprint density at radius 3 is 2.35 bits per heavy atom. The van der Waals surface area contributed by atoms with Gasteiger partial charge in [0, 0.05) is 18.6 Å². The number of aliphatic carboxylic acids is 1. The van der Waals surface area contributed by atoms with E-state index < -0.39 is 18.4 Å². The lowest BCUT2D eigenvalue weighted by Gasteiger charge is -2.20. The predicted molar refractivity (Wildman–Crippen MR) is 86.8 cm³/mol. The van der Waals surface area contributed by atoms with Gasteiger partial charge in [-0.05, 0) is 24.6 Å². The van der Waals surface area contributed by atoms with Crippen LogP contribution in [0.1, 0.15) is 21.7 Å². The van der Waals surface area contributed by atoms with Crippen molar-refractivity contribution in [3.8, 4) is 0 Å². The van der Waals surface area contributed by atoms with Gasteiger partial charge < -0.3 is 10.0 Å². The molecule has 0 fully saturated rings. The van der Waals surface area contributed by atoms with Crippen molar-refractivity contribution >= 4 is 35.1 Å². The highest BCUT2D eigenvalue weighted by Crippen LogP contribution is 2.21. The van der Waals surface area contributed by atoms with E-state index in [-0.39, 0.29) is 17.3 Å². The Bertz CT molecular complexity index is 741. The maximum atomic E-state index is 12.6. The molecule has 0 atom stereocenters. The topological polar surface area (TPSA) is 75.4 Å². The Balaban J connectivity index is 2.30. The molecule has 0 radical (unpaired) electrons. The Morgan fingerprint density at radius 2 is 1.87 bits per heavy atom. The van der Waals surface area contributed by atoms with Gasteiger partial charge in [0.05, 0.1) is 10.7 Å². The van der Waals surface area contributed by atoms with Crippen LogP contribution in [0.25, 0.3) is 0 Å². The molecule has 2 aromatic rings. The average Bonchev–Trinajstić information content (AvgIpc) is 2.75. The smallest absolute Gasteiger partial charge is 0.323 e. The summed E-state index contributed by atoms with van der Waals surface area (Å²) in [5.74, 6) is -1.65. The van der Waals surface area contributed by atoms with Crippen molar-refractivity contribution in [1.29, 1.82) is 0 Å². The zero-order chi connectivity index (χ0) is 17.1. The van der Waals surface area contributed by atoms with Crippen molar-refractivity contribution in [2.75, 3.05) is 6.54 Å². The standard InChI is InChI=1S/C15H15Cl2N3O3/c1-9-13(17)14(18-19(9)2)15(23)20(8-12(21)22)7-10-3-5-11(16)6-4-10/h3-6H,7-8H2,1-2H3,(H,21,22). The number of aromatic nitrogens is 2. The maximum absolute atomic E-state index is 12.6. The summed E-state index contributed by atoms with van der Waals surface area (Å²) in [4.78, 5) is 24.9. The maximum Gasteiger partial charge on any atom is 0.323 e. The lowest BCUT2D eigenvalue weighted by atomic mass is 10.2. The Hall–Kier alpha value is -2.05. The Morgan fingerprint density at radius 1 is 1.26 bits per heavy atom. The summed E-state index contributed by atoms with van der Waals surface area (Å²) in [5, 5.41) is 13.9. The van der Waals surface area contributed by atoms with Gasteiger partial charge in [-0.15, -0.1) is 0 Å². The minimum Gasteiger partial charge on any atom is -0.480 e. The zero-order valence-electron chi connectivity index (χ0n) is 12.6. The van der Waals surface area contributed by atoms with E-state index in [1.165, 1.54) is 9.58 Å². The highest BCUT2D eigenvalue weighted by molar-refractivity contribution is 6.34. The highest BCUT2D eigenvalue weighted by Gasteiger charge is 2.25. The zero-order valence-corrected chi connectivity index (χ0v) is 14.1. The van der Waals surface area contributed by atoms with E-state index in [1.54, 1.807) is 38.2 Å². The van der Waals surface area contributed by atoms with Crippen LogP contribution in [-0.2, 0) is 18.4 Å². The summed E-state index contributed by atoms with van der Waals surface area (Å²) >= 11 is 11.9. The van der Waals surface area contributed by atoms with Gasteiger partial charge in [-0.2, -0.15) is 5.10 Å². The molecule has 1 heterocycles. The van der Waals surface area contributed by atoms with Gasteiger partial charge in [-0.3, -0.25) is 14.3 Å². The van der Waals surface area contributed by atoms with Gasteiger partial charge in [0.2, 0.25) is 0 Å². The van der Waals surface area contributed by atoms with Crippen molar-refractivity contribution in [2.24, 2.45) is 7.05 Å². The molecule has 0 saturated carbocycles. The van der Waals surface area contributed by atoms with Gasteiger partial charge >= 0.3 is 5.97 Å². The number of carboxylic acids is 1. The van der Waals surface area contributed by atoms with E-state index >= 15 is 0 Å². The summed E-state index contributed by atoms with van der Waals surface area (Å²) in [6.07, 6.45) is 0. The van der Waals surface area contributed by atoms with Crippen molar-refractivity contribution in [3.63, 3.8) is 0 Å². The number of carbonyl (C=O) groups excluding carboxylic acids is 1. The quantitative estimate of drug-likeness (QED) is 0.894. The third-order valence-corrected chi connectivity index (χ3v) is 4.07. The summed E-state index contributed by atoms with van der Waals surface area (Å²) in [7, 11) is 1.67. The molecule has 2 rings (SSSR count). The van der Waals surface area contributed by atoms with Gasteiger partial charge in [0.25, 0.3) is 5.91 Å². The Labute approximate surface area is 143 Å².